The molecule has 2 rings (SSSR count). The fourth-order valence-electron chi connectivity index (χ4n) is 2.02. The minimum absolute atomic E-state index is 0.0283. The number of benzene rings is 1. The molecule has 1 fully saturated rings. The van der Waals surface area contributed by atoms with Gasteiger partial charge in [-0.25, -0.2) is 4.39 Å². The molecule has 0 atom stereocenters. The van der Waals surface area contributed by atoms with E-state index in [0.717, 1.165) is 26.1 Å². The van der Waals surface area contributed by atoms with Crippen molar-refractivity contribution in [1.29, 1.82) is 0 Å². The number of halogens is 2. The molecular weight excluding hydrogens is 315 g/mol. The van der Waals surface area contributed by atoms with E-state index < -0.39 is 5.82 Å². The molecule has 0 bridgehead atoms. The lowest BCUT2D eigenvalue weighted by Gasteiger charge is -2.22. The van der Waals surface area contributed by atoms with Gasteiger partial charge in [-0.05, 0) is 46.8 Å². The van der Waals surface area contributed by atoms with Gasteiger partial charge >= 0.3 is 0 Å². The maximum atomic E-state index is 13.2. The Balaban J connectivity index is 1.97. The molecule has 6 heteroatoms. The maximum absolute atomic E-state index is 13.2. The van der Waals surface area contributed by atoms with Crippen LogP contribution in [0.3, 0.4) is 0 Å². The highest BCUT2D eigenvalue weighted by atomic mass is 79.9. The smallest absolute Gasteiger partial charge is 0.252 e. The van der Waals surface area contributed by atoms with Crippen LogP contribution < -0.4 is 11.1 Å². The highest BCUT2D eigenvalue weighted by molar-refractivity contribution is 9.10. The molecule has 1 aromatic rings. The Morgan fingerprint density at radius 1 is 1.47 bits per heavy atom. The largest absolute Gasteiger partial charge is 0.396 e. The minimum atomic E-state index is -0.534. The Morgan fingerprint density at radius 2 is 2.16 bits per heavy atom. The number of nitrogens with two attached hydrogens (primary N) is 1. The van der Waals surface area contributed by atoms with Crippen molar-refractivity contribution in [3.63, 3.8) is 0 Å². The summed E-state index contributed by atoms with van der Waals surface area (Å²) in [4.78, 5) is 12.0. The van der Waals surface area contributed by atoms with Gasteiger partial charge in [0.25, 0.3) is 5.91 Å². The van der Waals surface area contributed by atoms with Crippen LogP contribution in [0.1, 0.15) is 23.2 Å². The van der Waals surface area contributed by atoms with Crippen LogP contribution in [-0.2, 0) is 4.74 Å². The predicted octanol–water partition coefficient (Wildman–Crippen LogP) is 2.33. The minimum Gasteiger partial charge on any atom is -0.396 e. The SMILES string of the molecule is Nc1cc(C(=O)NCC2CCOCC2)c(Br)cc1F. The van der Waals surface area contributed by atoms with Crippen LogP contribution >= 0.6 is 15.9 Å². The molecule has 3 N–H and O–H groups in total. The summed E-state index contributed by atoms with van der Waals surface area (Å²) in [6.45, 7) is 2.09. The molecule has 1 saturated heterocycles. The number of nitrogens with one attached hydrogen (secondary N) is 1. The van der Waals surface area contributed by atoms with E-state index in [2.05, 4.69) is 21.2 Å². The van der Waals surface area contributed by atoms with E-state index in [1.807, 2.05) is 0 Å². The second kappa shape index (κ2) is 6.34. The number of carbonyl (C=O) groups is 1. The lowest BCUT2D eigenvalue weighted by molar-refractivity contribution is 0.0642. The summed E-state index contributed by atoms with van der Waals surface area (Å²) in [6, 6.07) is 2.55. The standard InChI is InChI=1S/C13H16BrFN2O2/c14-10-6-11(15)12(16)5-9(10)13(18)17-7-8-1-3-19-4-2-8/h5-6,8H,1-4,7,16H2,(H,17,18). The first-order chi connectivity index (χ1) is 9.08. The normalized spacial score (nSPS) is 16.3. The molecular formula is C13H16BrFN2O2. The highest BCUT2D eigenvalue weighted by Gasteiger charge is 2.17. The summed E-state index contributed by atoms with van der Waals surface area (Å²) in [7, 11) is 0. The molecule has 19 heavy (non-hydrogen) atoms. The van der Waals surface area contributed by atoms with Crippen LogP contribution in [-0.4, -0.2) is 25.7 Å². The van der Waals surface area contributed by atoms with Crippen molar-refractivity contribution < 1.29 is 13.9 Å². The lowest BCUT2D eigenvalue weighted by Crippen LogP contribution is -2.32. The summed E-state index contributed by atoms with van der Waals surface area (Å²) in [6.07, 6.45) is 1.90. The fraction of sp³-hybridized carbons (Fsp3) is 0.462. The molecule has 1 aliphatic rings. The molecule has 4 nitrogen and oxygen atoms in total. The Bertz CT molecular complexity index is 476. The average molecular weight is 331 g/mol. The van der Waals surface area contributed by atoms with Gasteiger partial charge in [0, 0.05) is 24.2 Å². The summed E-state index contributed by atoms with van der Waals surface area (Å²) in [5, 5.41) is 2.85. The quantitative estimate of drug-likeness (QED) is 0.836. The van der Waals surface area contributed by atoms with Crippen molar-refractivity contribution in [1.82, 2.24) is 5.32 Å². The number of hydrogen-bond acceptors (Lipinski definition) is 3. The molecule has 0 saturated carbocycles. The van der Waals surface area contributed by atoms with Crippen LogP contribution in [0.4, 0.5) is 10.1 Å². The number of carbonyl (C=O) groups excluding carboxylic acids is 1. The topological polar surface area (TPSA) is 64.4 Å². The van der Waals surface area contributed by atoms with Crippen molar-refractivity contribution in [2.24, 2.45) is 5.92 Å². The van der Waals surface area contributed by atoms with E-state index in [1.165, 1.54) is 12.1 Å². The number of ether oxygens (including phenoxy) is 1. The van der Waals surface area contributed by atoms with Crippen LogP contribution in [0.2, 0.25) is 0 Å². The Morgan fingerprint density at radius 3 is 2.84 bits per heavy atom. The molecule has 0 aromatic heterocycles. The Hall–Kier alpha value is -1.14. The summed E-state index contributed by atoms with van der Waals surface area (Å²) in [5.74, 6) is -0.341. The molecule has 0 unspecified atom stereocenters. The molecule has 0 spiro atoms. The number of anilines is 1. The van der Waals surface area contributed by atoms with E-state index in [0.29, 0.717) is 22.5 Å². The Labute approximate surface area is 119 Å². The zero-order valence-corrected chi connectivity index (χ0v) is 12.0. The van der Waals surface area contributed by atoms with Crippen LogP contribution in [0.5, 0.6) is 0 Å². The van der Waals surface area contributed by atoms with Gasteiger partial charge in [0.1, 0.15) is 5.82 Å². The monoisotopic (exact) mass is 330 g/mol. The van der Waals surface area contributed by atoms with Gasteiger partial charge in [-0.15, -0.1) is 0 Å². The van der Waals surface area contributed by atoms with Crippen LogP contribution in [0.25, 0.3) is 0 Å². The second-order valence-corrected chi connectivity index (χ2v) is 5.47. The zero-order valence-electron chi connectivity index (χ0n) is 10.4. The van der Waals surface area contributed by atoms with Gasteiger partial charge < -0.3 is 15.8 Å². The molecule has 0 aliphatic carbocycles. The molecule has 1 heterocycles. The van der Waals surface area contributed by atoms with Crippen molar-refractivity contribution in [3.8, 4) is 0 Å². The van der Waals surface area contributed by atoms with Gasteiger partial charge in [-0.2, -0.15) is 0 Å². The van der Waals surface area contributed by atoms with Gasteiger partial charge in [0.2, 0.25) is 0 Å². The van der Waals surface area contributed by atoms with Crippen molar-refractivity contribution in [2.45, 2.75) is 12.8 Å². The second-order valence-electron chi connectivity index (χ2n) is 4.62. The first kappa shape index (κ1) is 14.3. The summed E-state index contributed by atoms with van der Waals surface area (Å²) < 4.78 is 18.9. The fourth-order valence-corrected chi connectivity index (χ4v) is 2.52. The van der Waals surface area contributed by atoms with Gasteiger partial charge in [0.05, 0.1) is 11.3 Å². The predicted molar refractivity (Wildman–Crippen MR) is 74.4 cm³/mol. The number of rotatable bonds is 3. The molecule has 104 valence electrons. The highest BCUT2D eigenvalue weighted by Crippen LogP contribution is 2.23. The summed E-state index contributed by atoms with van der Waals surface area (Å²) in [5.41, 5.74) is 5.80. The molecule has 1 aliphatic heterocycles. The lowest BCUT2D eigenvalue weighted by atomic mass is 10.0. The van der Waals surface area contributed by atoms with E-state index >= 15 is 0 Å². The average Bonchev–Trinajstić information content (AvgIpc) is 2.41. The number of nitrogen functional groups attached to an aromatic ring is 1. The van der Waals surface area contributed by atoms with E-state index in [1.54, 1.807) is 0 Å². The zero-order chi connectivity index (χ0) is 13.8. The molecule has 1 amide bonds. The molecule has 1 aromatic carbocycles. The number of amides is 1. The molecule has 0 radical (unpaired) electrons. The van der Waals surface area contributed by atoms with Gasteiger partial charge in [-0.1, -0.05) is 0 Å². The first-order valence-electron chi connectivity index (χ1n) is 6.18. The van der Waals surface area contributed by atoms with Crippen molar-refractivity contribution in [3.05, 3.63) is 28.0 Å². The van der Waals surface area contributed by atoms with Crippen molar-refractivity contribution >= 4 is 27.5 Å². The van der Waals surface area contributed by atoms with E-state index in [9.17, 15) is 9.18 Å². The third-order valence-corrected chi connectivity index (χ3v) is 3.88. The third kappa shape index (κ3) is 3.67. The number of hydrogen-bond donors (Lipinski definition) is 2. The van der Waals surface area contributed by atoms with Gasteiger partial charge in [-0.3, -0.25) is 4.79 Å². The Kier molecular flexibility index (Phi) is 4.76. The summed E-state index contributed by atoms with van der Waals surface area (Å²) >= 11 is 3.17. The third-order valence-electron chi connectivity index (χ3n) is 3.22. The van der Waals surface area contributed by atoms with Crippen LogP contribution in [0, 0.1) is 11.7 Å². The van der Waals surface area contributed by atoms with Crippen LogP contribution in [0.15, 0.2) is 16.6 Å². The van der Waals surface area contributed by atoms with Crippen molar-refractivity contribution in [2.75, 3.05) is 25.5 Å². The van der Waals surface area contributed by atoms with E-state index in [-0.39, 0.29) is 11.6 Å². The van der Waals surface area contributed by atoms with Gasteiger partial charge in [0.15, 0.2) is 0 Å². The first-order valence-corrected chi connectivity index (χ1v) is 6.97. The van der Waals surface area contributed by atoms with E-state index in [4.69, 9.17) is 10.5 Å². The maximum Gasteiger partial charge on any atom is 0.252 e.